The van der Waals surface area contributed by atoms with Gasteiger partial charge in [-0.3, -0.25) is 9.00 Å². The minimum absolute atomic E-state index is 0.0295. The van der Waals surface area contributed by atoms with Crippen molar-refractivity contribution in [3.63, 3.8) is 0 Å². The fourth-order valence-electron chi connectivity index (χ4n) is 2.04. The molecule has 0 saturated heterocycles. The Morgan fingerprint density at radius 2 is 2.22 bits per heavy atom. The average Bonchev–Trinajstić information content (AvgIpc) is 3.12. The molecule has 2 atom stereocenters. The van der Waals surface area contributed by atoms with E-state index < -0.39 is 10.8 Å². The average molecular weight is 265 g/mol. The van der Waals surface area contributed by atoms with E-state index in [0.29, 0.717) is 17.2 Å². The fraction of sp³-hybridized carbons (Fsp3) is 0.500. The molecule has 2 rings (SSSR count). The number of hydrogen-bond acceptors (Lipinski definition) is 2. The van der Waals surface area contributed by atoms with Crippen molar-refractivity contribution in [2.75, 3.05) is 6.26 Å². The van der Waals surface area contributed by atoms with E-state index in [-0.39, 0.29) is 11.9 Å². The first-order valence-corrected chi connectivity index (χ1v) is 7.99. The van der Waals surface area contributed by atoms with Gasteiger partial charge >= 0.3 is 0 Å². The number of hydrogen-bond donors (Lipinski definition) is 1. The van der Waals surface area contributed by atoms with Gasteiger partial charge in [0.05, 0.1) is 0 Å². The molecule has 18 heavy (non-hydrogen) atoms. The van der Waals surface area contributed by atoms with Crippen LogP contribution in [0.3, 0.4) is 0 Å². The van der Waals surface area contributed by atoms with E-state index in [1.54, 1.807) is 12.3 Å². The molecule has 1 saturated carbocycles. The quantitative estimate of drug-likeness (QED) is 0.886. The summed E-state index contributed by atoms with van der Waals surface area (Å²) in [5.74, 6) is 1.12. The van der Waals surface area contributed by atoms with E-state index in [2.05, 4.69) is 12.2 Å². The van der Waals surface area contributed by atoms with Gasteiger partial charge in [0, 0.05) is 34.4 Å². The highest BCUT2D eigenvalue weighted by Gasteiger charge is 2.29. The van der Waals surface area contributed by atoms with Crippen molar-refractivity contribution < 1.29 is 9.00 Å². The summed E-state index contributed by atoms with van der Waals surface area (Å²) >= 11 is 0. The summed E-state index contributed by atoms with van der Waals surface area (Å²) in [5, 5.41) is 3.02. The molecule has 0 aliphatic heterocycles. The van der Waals surface area contributed by atoms with Crippen LogP contribution in [0.25, 0.3) is 0 Å². The maximum absolute atomic E-state index is 12.0. The van der Waals surface area contributed by atoms with Crippen LogP contribution < -0.4 is 5.32 Å². The van der Waals surface area contributed by atoms with Crippen molar-refractivity contribution in [3.8, 4) is 0 Å². The number of carbonyl (C=O) groups is 1. The molecule has 0 radical (unpaired) electrons. The summed E-state index contributed by atoms with van der Waals surface area (Å²) in [6.07, 6.45) is 4.11. The van der Waals surface area contributed by atoms with E-state index in [4.69, 9.17) is 0 Å². The Labute approximate surface area is 110 Å². The van der Waals surface area contributed by atoms with Crippen LogP contribution >= 0.6 is 0 Å². The van der Waals surface area contributed by atoms with Gasteiger partial charge in [-0.25, -0.2) is 0 Å². The summed E-state index contributed by atoms with van der Waals surface area (Å²) < 4.78 is 11.2. The Bertz CT molecular complexity index is 469. The first kappa shape index (κ1) is 13.3. The normalized spacial score (nSPS) is 18.1. The number of amides is 1. The molecule has 1 aromatic carbocycles. The summed E-state index contributed by atoms with van der Waals surface area (Å²) in [4.78, 5) is 12.0. The van der Waals surface area contributed by atoms with Gasteiger partial charge in [-0.1, -0.05) is 12.1 Å². The Kier molecular flexibility index (Phi) is 4.17. The van der Waals surface area contributed by atoms with Crippen molar-refractivity contribution in [1.29, 1.82) is 0 Å². The van der Waals surface area contributed by atoms with Crippen LogP contribution in [0, 0.1) is 5.92 Å². The van der Waals surface area contributed by atoms with E-state index in [1.807, 2.05) is 18.2 Å². The van der Waals surface area contributed by atoms with Gasteiger partial charge in [0.25, 0.3) is 5.91 Å². The Balaban J connectivity index is 2.02. The predicted molar refractivity (Wildman–Crippen MR) is 73.9 cm³/mol. The third kappa shape index (κ3) is 3.67. The number of benzene rings is 1. The highest BCUT2D eigenvalue weighted by Crippen LogP contribution is 2.32. The minimum Gasteiger partial charge on any atom is -0.349 e. The van der Waals surface area contributed by atoms with E-state index >= 15 is 0 Å². The molecule has 0 bridgehead atoms. The van der Waals surface area contributed by atoms with Crippen LogP contribution in [0.1, 0.15) is 35.7 Å². The SMILES string of the molecule is CC(NC(=O)c1cccc(CS(C)=O)c1)C1CC1. The van der Waals surface area contributed by atoms with Crippen LogP contribution in [-0.2, 0) is 16.6 Å². The molecule has 3 nitrogen and oxygen atoms in total. The van der Waals surface area contributed by atoms with Crippen molar-refractivity contribution in [1.82, 2.24) is 5.32 Å². The first-order chi connectivity index (χ1) is 8.56. The van der Waals surface area contributed by atoms with Gasteiger partial charge in [0.1, 0.15) is 0 Å². The lowest BCUT2D eigenvalue weighted by Gasteiger charge is -2.13. The lowest BCUT2D eigenvalue weighted by molar-refractivity contribution is 0.0935. The monoisotopic (exact) mass is 265 g/mol. The Hall–Kier alpha value is -1.16. The second kappa shape index (κ2) is 5.65. The van der Waals surface area contributed by atoms with E-state index in [9.17, 15) is 9.00 Å². The summed E-state index contributed by atoms with van der Waals surface area (Å²) in [7, 11) is -0.878. The molecule has 1 N–H and O–H groups in total. The van der Waals surface area contributed by atoms with Crippen molar-refractivity contribution in [3.05, 3.63) is 35.4 Å². The first-order valence-electron chi connectivity index (χ1n) is 6.26. The Morgan fingerprint density at radius 3 is 2.83 bits per heavy atom. The van der Waals surface area contributed by atoms with Gasteiger partial charge in [0.15, 0.2) is 0 Å². The second-order valence-corrected chi connectivity index (χ2v) is 6.45. The molecular formula is C14H19NO2S. The predicted octanol–water partition coefficient (Wildman–Crippen LogP) is 2.09. The van der Waals surface area contributed by atoms with Gasteiger partial charge in [-0.05, 0) is 43.4 Å². The standard InChI is InChI=1S/C14H19NO2S/c1-10(12-6-7-12)15-14(16)13-5-3-4-11(8-13)9-18(2)17/h3-5,8,10,12H,6-7,9H2,1-2H3,(H,15,16). The molecule has 1 aromatic rings. The highest BCUT2D eigenvalue weighted by molar-refractivity contribution is 7.83. The van der Waals surface area contributed by atoms with Crippen molar-refractivity contribution in [2.24, 2.45) is 5.92 Å². The number of nitrogens with one attached hydrogen (secondary N) is 1. The molecule has 0 heterocycles. The molecule has 1 fully saturated rings. The van der Waals surface area contributed by atoms with Gasteiger partial charge in [0.2, 0.25) is 0 Å². The molecule has 1 aliphatic carbocycles. The fourth-order valence-corrected chi connectivity index (χ4v) is 2.69. The molecule has 1 aliphatic rings. The van der Waals surface area contributed by atoms with Crippen LogP contribution in [0.4, 0.5) is 0 Å². The molecule has 0 aromatic heterocycles. The number of rotatable bonds is 5. The van der Waals surface area contributed by atoms with E-state index in [0.717, 1.165) is 5.56 Å². The molecule has 2 unspecified atom stereocenters. The highest BCUT2D eigenvalue weighted by atomic mass is 32.2. The van der Waals surface area contributed by atoms with Gasteiger partial charge in [-0.15, -0.1) is 0 Å². The van der Waals surface area contributed by atoms with Crippen molar-refractivity contribution in [2.45, 2.75) is 31.6 Å². The van der Waals surface area contributed by atoms with Crippen molar-refractivity contribution >= 4 is 16.7 Å². The maximum atomic E-state index is 12.0. The van der Waals surface area contributed by atoms with Crippen LogP contribution in [-0.4, -0.2) is 22.4 Å². The number of carbonyl (C=O) groups excluding carboxylic acids is 1. The zero-order chi connectivity index (χ0) is 13.1. The summed E-state index contributed by atoms with van der Waals surface area (Å²) in [5.41, 5.74) is 1.60. The summed E-state index contributed by atoms with van der Waals surface area (Å²) in [6, 6.07) is 7.64. The maximum Gasteiger partial charge on any atom is 0.251 e. The zero-order valence-corrected chi connectivity index (χ0v) is 11.6. The van der Waals surface area contributed by atoms with E-state index in [1.165, 1.54) is 12.8 Å². The topological polar surface area (TPSA) is 46.2 Å². The van der Waals surface area contributed by atoms with Gasteiger partial charge in [-0.2, -0.15) is 0 Å². The summed E-state index contributed by atoms with van der Waals surface area (Å²) in [6.45, 7) is 2.06. The lowest BCUT2D eigenvalue weighted by Crippen LogP contribution is -2.34. The Morgan fingerprint density at radius 1 is 1.50 bits per heavy atom. The molecular weight excluding hydrogens is 246 g/mol. The van der Waals surface area contributed by atoms with Crippen LogP contribution in [0.2, 0.25) is 0 Å². The molecule has 4 heteroatoms. The van der Waals surface area contributed by atoms with Gasteiger partial charge < -0.3 is 5.32 Å². The van der Waals surface area contributed by atoms with Crippen LogP contribution in [0.15, 0.2) is 24.3 Å². The molecule has 1 amide bonds. The smallest absolute Gasteiger partial charge is 0.251 e. The lowest BCUT2D eigenvalue weighted by atomic mass is 10.1. The van der Waals surface area contributed by atoms with Crippen LogP contribution in [0.5, 0.6) is 0 Å². The zero-order valence-electron chi connectivity index (χ0n) is 10.8. The molecule has 0 spiro atoms. The largest absolute Gasteiger partial charge is 0.349 e. The molecule has 98 valence electrons. The minimum atomic E-state index is -0.878. The second-order valence-electron chi connectivity index (χ2n) is 5.02. The third-order valence-corrected chi connectivity index (χ3v) is 3.99. The third-order valence-electron chi connectivity index (χ3n) is 3.25.